The Morgan fingerprint density at radius 3 is 2.72 bits per heavy atom. The van der Waals surface area contributed by atoms with Crippen LogP contribution >= 0.6 is 15.9 Å². The Kier molecular flexibility index (Phi) is 6.36. The molecule has 0 aliphatic heterocycles. The van der Waals surface area contributed by atoms with Gasteiger partial charge in [0, 0.05) is 31.6 Å². The fourth-order valence-corrected chi connectivity index (χ4v) is 2.02. The molecule has 0 aliphatic rings. The zero-order valence-electron chi connectivity index (χ0n) is 11.1. The third-order valence-corrected chi connectivity index (χ3v) is 3.73. The van der Waals surface area contributed by atoms with Crippen LogP contribution in [-0.4, -0.2) is 31.1 Å². The first-order valence-electron chi connectivity index (χ1n) is 6.04. The van der Waals surface area contributed by atoms with Crippen molar-refractivity contribution in [1.82, 2.24) is 4.90 Å². The van der Waals surface area contributed by atoms with Gasteiger partial charge in [-0.05, 0) is 25.0 Å². The molecule has 100 valence electrons. The van der Waals surface area contributed by atoms with Crippen molar-refractivity contribution < 1.29 is 9.53 Å². The molecule has 0 spiro atoms. The minimum absolute atomic E-state index is 0.130. The van der Waals surface area contributed by atoms with Gasteiger partial charge in [0.1, 0.15) is 0 Å². The fraction of sp³-hybridized carbons (Fsp3) is 0.500. The predicted octanol–water partition coefficient (Wildman–Crippen LogP) is 3.22. The Labute approximate surface area is 117 Å². The van der Waals surface area contributed by atoms with Crippen LogP contribution in [-0.2, 0) is 16.1 Å². The quantitative estimate of drug-likeness (QED) is 0.807. The number of rotatable bonds is 6. The molecule has 1 unspecified atom stereocenters. The van der Waals surface area contributed by atoms with Crippen molar-refractivity contribution in [2.75, 3.05) is 14.2 Å². The summed E-state index contributed by atoms with van der Waals surface area (Å²) in [4.78, 5) is 13.7. The Morgan fingerprint density at radius 1 is 1.44 bits per heavy atom. The molecule has 0 saturated heterocycles. The van der Waals surface area contributed by atoms with Crippen LogP contribution in [0.5, 0.6) is 0 Å². The Morgan fingerprint density at radius 2 is 2.11 bits per heavy atom. The molecule has 1 amide bonds. The van der Waals surface area contributed by atoms with Crippen LogP contribution in [0.1, 0.15) is 25.3 Å². The Bertz CT molecular complexity index is 395. The van der Waals surface area contributed by atoms with Crippen molar-refractivity contribution in [2.45, 2.75) is 32.4 Å². The second-order valence-corrected chi connectivity index (χ2v) is 5.28. The molecule has 0 radical (unpaired) electrons. The molecule has 18 heavy (non-hydrogen) atoms. The highest BCUT2D eigenvalue weighted by Gasteiger charge is 2.12. The van der Waals surface area contributed by atoms with Crippen LogP contribution < -0.4 is 0 Å². The Hall–Kier alpha value is -0.870. The van der Waals surface area contributed by atoms with Crippen LogP contribution in [0.2, 0.25) is 0 Å². The van der Waals surface area contributed by atoms with E-state index in [2.05, 4.69) is 15.9 Å². The van der Waals surface area contributed by atoms with Gasteiger partial charge in [0.15, 0.2) is 0 Å². The Balaban J connectivity index is 2.47. The highest BCUT2D eigenvalue weighted by molar-refractivity contribution is 9.10. The molecule has 0 heterocycles. The summed E-state index contributed by atoms with van der Waals surface area (Å²) in [6, 6.07) is 7.95. The lowest BCUT2D eigenvalue weighted by atomic mass is 10.2. The SMILES string of the molecule is COC(C)CCC(=O)N(C)Cc1ccccc1Br. The van der Waals surface area contributed by atoms with E-state index in [9.17, 15) is 4.79 Å². The second kappa shape index (κ2) is 7.54. The van der Waals surface area contributed by atoms with E-state index in [-0.39, 0.29) is 12.0 Å². The van der Waals surface area contributed by atoms with Gasteiger partial charge in [-0.15, -0.1) is 0 Å². The molecule has 0 aliphatic carbocycles. The third kappa shape index (κ3) is 4.78. The van der Waals surface area contributed by atoms with Gasteiger partial charge < -0.3 is 9.64 Å². The van der Waals surface area contributed by atoms with Gasteiger partial charge in [0.2, 0.25) is 5.91 Å². The zero-order valence-corrected chi connectivity index (χ0v) is 12.7. The van der Waals surface area contributed by atoms with E-state index in [0.29, 0.717) is 13.0 Å². The van der Waals surface area contributed by atoms with Crippen LogP contribution in [0.15, 0.2) is 28.7 Å². The molecule has 0 bridgehead atoms. The molecule has 3 nitrogen and oxygen atoms in total. The smallest absolute Gasteiger partial charge is 0.222 e. The summed E-state index contributed by atoms with van der Waals surface area (Å²) < 4.78 is 6.18. The lowest BCUT2D eigenvalue weighted by Crippen LogP contribution is -2.27. The largest absolute Gasteiger partial charge is 0.382 e. The maximum atomic E-state index is 11.9. The minimum Gasteiger partial charge on any atom is -0.382 e. The molecule has 0 aromatic heterocycles. The number of amides is 1. The summed E-state index contributed by atoms with van der Waals surface area (Å²) in [5.74, 6) is 0.148. The number of halogens is 1. The monoisotopic (exact) mass is 313 g/mol. The first-order valence-corrected chi connectivity index (χ1v) is 6.84. The second-order valence-electron chi connectivity index (χ2n) is 4.43. The van der Waals surface area contributed by atoms with E-state index in [0.717, 1.165) is 16.5 Å². The maximum Gasteiger partial charge on any atom is 0.222 e. The zero-order chi connectivity index (χ0) is 13.5. The summed E-state index contributed by atoms with van der Waals surface area (Å²) in [5.41, 5.74) is 1.12. The summed E-state index contributed by atoms with van der Waals surface area (Å²) >= 11 is 3.49. The number of methoxy groups -OCH3 is 1. The third-order valence-electron chi connectivity index (χ3n) is 2.96. The van der Waals surface area contributed by atoms with Crippen molar-refractivity contribution >= 4 is 21.8 Å². The molecule has 0 N–H and O–H groups in total. The first kappa shape index (κ1) is 15.2. The van der Waals surface area contributed by atoms with E-state index in [1.54, 1.807) is 12.0 Å². The summed E-state index contributed by atoms with van der Waals surface area (Å²) in [5, 5.41) is 0. The lowest BCUT2D eigenvalue weighted by Gasteiger charge is -2.19. The highest BCUT2D eigenvalue weighted by atomic mass is 79.9. The number of nitrogens with zero attached hydrogens (tertiary/aromatic N) is 1. The molecular weight excluding hydrogens is 294 g/mol. The van der Waals surface area contributed by atoms with Gasteiger partial charge >= 0.3 is 0 Å². The van der Waals surface area contributed by atoms with E-state index < -0.39 is 0 Å². The summed E-state index contributed by atoms with van der Waals surface area (Å²) in [7, 11) is 3.50. The molecule has 1 atom stereocenters. The molecule has 1 rings (SSSR count). The number of hydrogen-bond donors (Lipinski definition) is 0. The molecule has 0 saturated carbocycles. The molecule has 1 aromatic carbocycles. The van der Waals surface area contributed by atoms with Gasteiger partial charge in [-0.2, -0.15) is 0 Å². The lowest BCUT2D eigenvalue weighted by molar-refractivity contribution is -0.131. The van der Waals surface area contributed by atoms with E-state index in [1.165, 1.54) is 0 Å². The van der Waals surface area contributed by atoms with Gasteiger partial charge in [-0.1, -0.05) is 34.1 Å². The van der Waals surface area contributed by atoms with Crippen LogP contribution in [0.25, 0.3) is 0 Å². The minimum atomic E-state index is 0.130. The van der Waals surface area contributed by atoms with Gasteiger partial charge in [0.25, 0.3) is 0 Å². The van der Waals surface area contributed by atoms with E-state index in [1.807, 2.05) is 38.2 Å². The average molecular weight is 314 g/mol. The summed E-state index contributed by atoms with van der Waals surface area (Å²) in [6.45, 7) is 2.60. The molecular formula is C14H20BrNO2. The highest BCUT2D eigenvalue weighted by Crippen LogP contribution is 2.17. The van der Waals surface area contributed by atoms with Crippen LogP contribution in [0.4, 0.5) is 0 Å². The van der Waals surface area contributed by atoms with Gasteiger partial charge in [-0.3, -0.25) is 4.79 Å². The van der Waals surface area contributed by atoms with E-state index in [4.69, 9.17) is 4.74 Å². The number of hydrogen-bond acceptors (Lipinski definition) is 2. The molecule has 4 heteroatoms. The predicted molar refractivity (Wildman–Crippen MR) is 76.3 cm³/mol. The number of ether oxygens (including phenoxy) is 1. The standard InChI is InChI=1S/C14H20BrNO2/c1-11(18-3)8-9-14(17)16(2)10-12-6-4-5-7-13(12)15/h4-7,11H,8-10H2,1-3H3. The van der Waals surface area contributed by atoms with Gasteiger partial charge in [0.05, 0.1) is 6.10 Å². The summed E-state index contributed by atoms with van der Waals surface area (Å²) in [6.07, 6.45) is 1.41. The first-order chi connectivity index (χ1) is 8.54. The number of carbonyl (C=O) groups excluding carboxylic acids is 1. The van der Waals surface area contributed by atoms with Gasteiger partial charge in [-0.25, -0.2) is 0 Å². The maximum absolute atomic E-state index is 11.9. The van der Waals surface area contributed by atoms with Crippen LogP contribution in [0.3, 0.4) is 0 Å². The molecule has 1 aromatic rings. The number of carbonyl (C=O) groups is 1. The van der Waals surface area contributed by atoms with Crippen molar-refractivity contribution in [3.05, 3.63) is 34.3 Å². The van der Waals surface area contributed by atoms with Crippen molar-refractivity contribution in [3.63, 3.8) is 0 Å². The average Bonchev–Trinajstić information content (AvgIpc) is 2.38. The van der Waals surface area contributed by atoms with Crippen molar-refractivity contribution in [1.29, 1.82) is 0 Å². The molecule has 0 fully saturated rings. The van der Waals surface area contributed by atoms with Crippen molar-refractivity contribution in [3.8, 4) is 0 Å². The topological polar surface area (TPSA) is 29.5 Å². The number of benzene rings is 1. The normalized spacial score (nSPS) is 12.2. The fourth-order valence-electron chi connectivity index (χ4n) is 1.61. The van der Waals surface area contributed by atoms with Crippen molar-refractivity contribution in [2.24, 2.45) is 0 Å². The van der Waals surface area contributed by atoms with E-state index >= 15 is 0 Å². The van der Waals surface area contributed by atoms with Crippen LogP contribution in [0, 0.1) is 0 Å².